The zero-order valence-electron chi connectivity index (χ0n) is 20.0. The molecule has 0 N–H and O–H groups in total. The molecule has 33 heavy (non-hydrogen) atoms. The molecule has 0 aromatic carbocycles. The van der Waals surface area contributed by atoms with Crippen molar-refractivity contribution in [3.05, 3.63) is 23.8 Å². The zero-order valence-corrected chi connectivity index (χ0v) is 20.0. The molecule has 6 rings (SSSR count). The maximum Gasteiger partial charge on any atom is 0.234 e. The van der Waals surface area contributed by atoms with E-state index in [9.17, 15) is 9.59 Å². The van der Waals surface area contributed by atoms with E-state index in [2.05, 4.69) is 32.1 Å². The van der Waals surface area contributed by atoms with Gasteiger partial charge in [-0.3, -0.25) is 14.5 Å². The second-order valence-electron chi connectivity index (χ2n) is 11.4. The van der Waals surface area contributed by atoms with Crippen LogP contribution in [0.4, 0.5) is 0 Å². The van der Waals surface area contributed by atoms with Crippen LogP contribution in [-0.4, -0.2) is 65.5 Å². The van der Waals surface area contributed by atoms with E-state index in [0.717, 1.165) is 0 Å². The van der Waals surface area contributed by atoms with E-state index >= 15 is 0 Å². The molecule has 5 fully saturated rings. The van der Waals surface area contributed by atoms with Crippen molar-refractivity contribution < 1.29 is 33.3 Å². The Morgan fingerprint density at radius 2 is 1.42 bits per heavy atom. The highest BCUT2D eigenvalue weighted by Crippen LogP contribution is 2.56. The van der Waals surface area contributed by atoms with Gasteiger partial charge in [0.25, 0.3) is 0 Å². The Hall–Kier alpha value is -1.58. The SMILES string of the molecule is CC(C)C=C1C2C=CC1[C@@H]1C(=O)N(C[C@H]3O[C@@H]4OC(C)(C)O[C@@H]4[C@H]4OC(C)(C)O[C@H]43)C(=O)[C@H]21. The number of carbonyl (C=O) groups excluding carboxylic acids is 2. The van der Waals surface area contributed by atoms with Crippen LogP contribution in [0.5, 0.6) is 0 Å². The number of ether oxygens (including phenoxy) is 5. The number of fused-ring (bicyclic) bond motifs is 8. The summed E-state index contributed by atoms with van der Waals surface area (Å²) < 4.78 is 30.6. The molecule has 8 heteroatoms. The standard InChI is InChI=1S/C25H33NO7/c1-11(2)9-14-12-7-8-13(14)17-16(12)21(27)26(22(17)28)10-15-18-19(31-24(3,4)30-18)20-23(29-15)33-25(5,6)32-20/h7-9,11-13,15-20,23H,10H2,1-6H3/t12?,13?,15-,16-,17+,18+,19+,20-,23-/m1/s1. The Bertz CT molecular complexity index is 918. The molecular weight excluding hydrogens is 426 g/mol. The molecule has 0 aromatic heterocycles. The van der Waals surface area contributed by atoms with Crippen LogP contribution in [0, 0.1) is 29.6 Å². The van der Waals surface area contributed by atoms with Crippen molar-refractivity contribution >= 4 is 11.8 Å². The van der Waals surface area contributed by atoms with Gasteiger partial charge in [-0.1, -0.05) is 37.6 Å². The highest BCUT2D eigenvalue weighted by Gasteiger charge is 2.64. The predicted molar refractivity (Wildman–Crippen MR) is 115 cm³/mol. The topological polar surface area (TPSA) is 83.5 Å². The molecule has 0 radical (unpaired) electrons. The van der Waals surface area contributed by atoms with Crippen molar-refractivity contribution in [2.75, 3.05) is 6.54 Å². The summed E-state index contributed by atoms with van der Waals surface area (Å²) >= 11 is 0. The first kappa shape index (κ1) is 21.9. The fraction of sp³-hybridized carbons (Fsp3) is 0.760. The van der Waals surface area contributed by atoms with Crippen LogP contribution < -0.4 is 0 Å². The summed E-state index contributed by atoms with van der Waals surface area (Å²) in [5, 5.41) is 0. The average Bonchev–Trinajstić information content (AvgIpc) is 3.45. The molecule has 0 aromatic rings. The summed E-state index contributed by atoms with van der Waals surface area (Å²) in [6, 6.07) is 0. The minimum atomic E-state index is -0.822. The van der Waals surface area contributed by atoms with Crippen molar-refractivity contribution in [3.8, 4) is 0 Å². The predicted octanol–water partition coefficient (Wildman–Crippen LogP) is 2.38. The Morgan fingerprint density at radius 3 is 2.03 bits per heavy atom. The van der Waals surface area contributed by atoms with Gasteiger partial charge < -0.3 is 23.7 Å². The van der Waals surface area contributed by atoms with E-state index in [-0.39, 0.29) is 42.0 Å². The van der Waals surface area contributed by atoms with Crippen LogP contribution in [0.25, 0.3) is 0 Å². The van der Waals surface area contributed by atoms with Crippen molar-refractivity contribution in [2.45, 2.75) is 83.8 Å². The lowest BCUT2D eigenvalue weighted by molar-refractivity contribution is -0.236. The maximum absolute atomic E-state index is 13.5. The molecule has 0 spiro atoms. The molecule has 4 heterocycles. The normalized spacial score (nSPS) is 47.7. The smallest absolute Gasteiger partial charge is 0.234 e. The van der Waals surface area contributed by atoms with Gasteiger partial charge in [-0.25, -0.2) is 0 Å². The van der Waals surface area contributed by atoms with E-state index in [4.69, 9.17) is 23.7 Å². The lowest BCUT2D eigenvalue weighted by atomic mass is 9.85. The summed E-state index contributed by atoms with van der Waals surface area (Å²) in [5.74, 6) is -2.06. The molecule has 2 bridgehead atoms. The average molecular weight is 460 g/mol. The summed E-state index contributed by atoms with van der Waals surface area (Å²) in [6.07, 6.45) is 3.92. The lowest BCUT2D eigenvalue weighted by Crippen LogP contribution is -2.58. The van der Waals surface area contributed by atoms with E-state index in [1.54, 1.807) is 0 Å². The number of likely N-dealkylation sites (tertiary alicyclic amines) is 1. The third kappa shape index (κ3) is 3.22. The van der Waals surface area contributed by atoms with Gasteiger partial charge in [0, 0.05) is 11.8 Å². The fourth-order valence-electron chi connectivity index (χ4n) is 6.68. The highest BCUT2D eigenvalue weighted by molar-refractivity contribution is 6.07. The van der Waals surface area contributed by atoms with E-state index in [1.165, 1.54) is 10.5 Å². The van der Waals surface area contributed by atoms with Crippen LogP contribution in [0.2, 0.25) is 0 Å². The second kappa shape index (κ2) is 6.98. The van der Waals surface area contributed by atoms with E-state index in [1.807, 2.05) is 27.7 Å². The molecule has 4 aliphatic heterocycles. The van der Waals surface area contributed by atoms with Gasteiger partial charge in [0.15, 0.2) is 17.9 Å². The fourth-order valence-corrected chi connectivity index (χ4v) is 6.68. The van der Waals surface area contributed by atoms with Crippen LogP contribution in [0.3, 0.4) is 0 Å². The molecule has 9 atom stereocenters. The second-order valence-corrected chi connectivity index (χ2v) is 11.4. The van der Waals surface area contributed by atoms with Crippen LogP contribution in [-0.2, 0) is 33.3 Å². The number of hydrogen-bond acceptors (Lipinski definition) is 7. The summed E-state index contributed by atoms with van der Waals surface area (Å²) in [7, 11) is 0. The quantitative estimate of drug-likeness (QED) is 0.473. The van der Waals surface area contributed by atoms with E-state index in [0.29, 0.717) is 5.92 Å². The number of rotatable bonds is 3. The zero-order chi connectivity index (χ0) is 23.4. The Kier molecular flexibility index (Phi) is 4.64. The highest BCUT2D eigenvalue weighted by atomic mass is 16.9. The third-order valence-electron chi connectivity index (χ3n) is 7.70. The Balaban J connectivity index is 1.25. The van der Waals surface area contributed by atoms with Crippen molar-refractivity contribution in [1.82, 2.24) is 4.90 Å². The summed E-state index contributed by atoms with van der Waals surface area (Å²) in [5.41, 5.74) is 1.23. The number of hydrogen-bond donors (Lipinski definition) is 0. The summed E-state index contributed by atoms with van der Waals surface area (Å²) in [4.78, 5) is 28.4. The number of nitrogens with zero attached hydrogens (tertiary/aromatic N) is 1. The molecule has 2 unspecified atom stereocenters. The number of allylic oxidation sites excluding steroid dienone is 4. The molecule has 8 nitrogen and oxygen atoms in total. The van der Waals surface area contributed by atoms with Gasteiger partial charge in [-0.2, -0.15) is 0 Å². The van der Waals surface area contributed by atoms with Crippen molar-refractivity contribution in [3.63, 3.8) is 0 Å². The van der Waals surface area contributed by atoms with Crippen LogP contribution in [0.15, 0.2) is 23.8 Å². The van der Waals surface area contributed by atoms with Gasteiger partial charge in [0.05, 0.1) is 18.4 Å². The largest absolute Gasteiger partial charge is 0.342 e. The first-order chi connectivity index (χ1) is 15.5. The van der Waals surface area contributed by atoms with Gasteiger partial charge in [-0.05, 0) is 33.6 Å². The van der Waals surface area contributed by atoms with Crippen molar-refractivity contribution in [1.29, 1.82) is 0 Å². The third-order valence-corrected chi connectivity index (χ3v) is 7.70. The molecule has 4 saturated heterocycles. The minimum Gasteiger partial charge on any atom is -0.342 e. The van der Waals surface area contributed by atoms with Crippen LogP contribution >= 0.6 is 0 Å². The number of amides is 2. The number of carbonyl (C=O) groups is 2. The first-order valence-electron chi connectivity index (χ1n) is 12.1. The first-order valence-corrected chi connectivity index (χ1v) is 12.1. The van der Waals surface area contributed by atoms with Gasteiger partial charge in [0.1, 0.15) is 24.4 Å². The van der Waals surface area contributed by atoms with Gasteiger partial charge >= 0.3 is 0 Å². The number of imide groups is 1. The molecular formula is C25H33NO7. The summed E-state index contributed by atoms with van der Waals surface area (Å²) in [6.45, 7) is 11.7. The Labute approximate surface area is 194 Å². The van der Waals surface area contributed by atoms with Crippen LogP contribution in [0.1, 0.15) is 41.5 Å². The molecule has 2 aliphatic carbocycles. The van der Waals surface area contributed by atoms with E-state index < -0.39 is 42.3 Å². The molecule has 180 valence electrons. The molecule has 2 amide bonds. The lowest BCUT2D eigenvalue weighted by Gasteiger charge is -2.38. The van der Waals surface area contributed by atoms with Gasteiger partial charge in [0.2, 0.25) is 11.8 Å². The Morgan fingerprint density at radius 1 is 0.879 bits per heavy atom. The monoisotopic (exact) mass is 459 g/mol. The maximum atomic E-state index is 13.5. The molecule has 1 saturated carbocycles. The minimum absolute atomic E-state index is 0.0191. The van der Waals surface area contributed by atoms with Crippen molar-refractivity contribution in [2.24, 2.45) is 29.6 Å². The van der Waals surface area contributed by atoms with Gasteiger partial charge in [-0.15, -0.1) is 0 Å². The molecule has 6 aliphatic rings.